The third-order valence-corrected chi connectivity index (χ3v) is 4.12. The molecule has 0 aliphatic carbocycles. The number of aromatic nitrogens is 2. The molecule has 0 saturated carbocycles. The van der Waals surface area contributed by atoms with Crippen LogP contribution in [0.1, 0.15) is 19.4 Å². The van der Waals surface area contributed by atoms with Gasteiger partial charge in [-0.2, -0.15) is 0 Å². The molecule has 19 heavy (non-hydrogen) atoms. The van der Waals surface area contributed by atoms with E-state index in [4.69, 9.17) is 17.3 Å². The van der Waals surface area contributed by atoms with Crippen LogP contribution in [0.4, 0.5) is 10.3 Å². The van der Waals surface area contributed by atoms with Crippen LogP contribution >= 0.6 is 11.6 Å². The first-order chi connectivity index (χ1) is 8.90. The topological polar surface area (TPSA) is 60.9 Å². The van der Waals surface area contributed by atoms with E-state index < -0.39 is 16.6 Å². The summed E-state index contributed by atoms with van der Waals surface area (Å²) in [5.74, 6) is 0.378. The van der Waals surface area contributed by atoms with Crippen LogP contribution in [0.5, 0.6) is 0 Å². The molecule has 1 aromatic carbocycles. The Balaban J connectivity index is 2.44. The number of anilines is 1. The van der Waals surface area contributed by atoms with Gasteiger partial charge in [-0.3, -0.25) is 4.21 Å². The van der Waals surface area contributed by atoms with Crippen molar-refractivity contribution in [2.24, 2.45) is 0 Å². The Labute approximate surface area is 118 Å². The molecule has 0 aliphatic rings. The summed E-state index contributed by atoms with van der Waals surface area (Å²) in [5.41, 5.74) is 7.04. The fourth-order valence-electron chi connectivity index (χ4n) is 2.04. The molecular formula is C12H15ClFN3OS. The molecule has 2 unspecified atom stereocenters. The second kappa shape index (κ2) is 5.46. The molecule has 2 atom stereocenters. The Morgan fingerprint density at radius 1 is 1.58 bits per heavy atom. The molecule has 0 saturated heterocycles. The molecule has 0 bridgehead atoms. The van der Waals surface area contributed by atoms with Crippen LogP contribution in [0, 0.1) is 5.82 Å². The summed E-state index contributed by atoms with van der Waals surface area (Å²) in [4.78, 5) is 4.18. The number of halogens is 2. The summed E-state index contributed by atoms with van der Waals surface area (Å²) in [6, 6.07) is 2.79. The zero-order chi connectivity index (χ0) is 14.2. The number of nitrogens with zero attached hydrogens (tertiary/aromatic N) is 2. The first kappa shape index (κ1) is 14.3. The molecular weight excluding hydrogens is 289 g/mol. The highest BCUT2D eigenvalue weighted by Crippen LogP contribution is 2.28. The molecule has 7 heteroatoms. The maximum absolute atomic E-state index is 13.6. The Hall–Kier alpha value is -1.14. The van der Waals surface area contributed by atoms with E-state index in [9.17, 15) is 8.60 Å². The van der Waals surface area contributed by atoms with Crippen LogP contribution in [-0.4, -0.2) is 25.8 Å². The summed E-state index contributed by atoms with van der Waals surface area (Å²) >= 11 is 5.73. The Bertz CT molecular complexity index is 643. The number of nitrogen functional groups attached to an aromatic ring is 1. The van der Waals surface area contributed by atoms with E-state index in [0.29, 0.717) is 29.2 Å². The van der Waals surface area contributed by atoms with Crippen molar-refractivity contribution >= 4 is 39.4 Å². The van der Waals surface area contributed by atoms with Crippen LogP contribution in [0.25, 0.3) is 11.0 Å². The van der Waals surface area contributed by atoms with Gasteiger partial charge in [-0.1, -0.05) is 11.6 Å². The van der Waals surface area contributed by atoms with Gasteiger partial charge in [0.2, 0.25) is 5.95 Å². The summed E-state index contributed by atoms with van der Waals surface area (Å²) < 4.78 is 26.4. The zero-order valence-electron chi connectivity index (χ0n) is 10.7. The van der Waals surface area contributed by atoms with Gasteiger partial charge in [0, 0.05) is 34.9 Å². The van der Waals surface area contributed by atoms with Gasteiger partial charge < -0.3 is 10.3 Å². The molecule has 2 aromatic rings. The minimum absolute atomic E-state index is 0.00512. The van der Waals surface area contributed by atoms with Crippen LogP contribution in [0.15, 0.2) is 12.1 Å². The van der Waals surface area contributed by atoms with E-state index in [1.807, 2.05) is 6.92 Å². The lowest BCUT2D eigenvalue weighted by molar-refractivity contribution is 0.550. The number of rotatable bonds is 4. The van der Waals surface area contributed by atoms with Crippen molar-refractivity contribution in [1.82, 2.24) is 9.55 Å². The Morgan fingerprint density at radius 2 is 2.26 bits per heavy atom. The highest BCUT2D eigenvalue weighted by atomic mass is 35.5. The molecule has 1 aromatic heterocycles. The van der Waals surface area contributed by atoms with E-state index in [-0.39, 0.29) is 11.1 Å². The van der Waals surface area contributed by atoms with E-state index in [1.165, 1.54) is 12.1 Å². The SMILES string of the molecule is CC(CCS(C)=O)n1c(N)nc2cc(Cl)c(F)cc21. The van der Waals surface area contributed by atoms with Gasteiger partial charge >= 0.3 is 0 Å². The zero-order valence-corrected chi connectivity index (χ0v) is 12.3. The first-order valence-corrected chi connectivity index (χ1v) is 7.93. The molecule has 1 heterocycles. The maximum Gasteiger partial charge on any atom is 0.201 e. The normalized spacial score (nSPS) is 14.7. The lowest BCUT2D eigenvalue weighted by Crippen LogP contribution is -2.11. The standard InChI is InChI=1S/C12H15ClFN3OS/c1-7(3-4-19(2)18)17-11-6-9(14)8(13)5-10(11)16-12(17)15/h5-7H,3-4H2,1-2H3,(H2,15,16). The van der Waals surface area contributed by atoms with E-state index in [2.05, 4.69) is 4.98 Å². The number of benzene rings is 1. The summed E-state index contributed by atoms with van der Waals surface area (Å²) in [5, 5.41) is 0.0273. The number of fused-ring (bicyclic) bond motifs is 1. The number of hydrogen-bond donors (Lipinski definition) is 1. The third-order valence-electron chi connectivity index (χ3n) is 3.02. The number of imidazole rings is 1. The molecule has 0 amide bonds. The third kappa shape index (κ3) is 2.90. The van der Waals surface area contributed by atoms with Crippen LogP contribution in [-0.2, 0) is 10.8 Å². The van der Waals surface area contributed by atoms with Crippen LogP contribution < -0.4 is 5.73 Å². The predicted octanol–water partition coefficient (Wildman–Crippen LogP) is 2.74. The van der Waals surface area contributed by atoms with Gasteiger partial charge in [0.25, 0.3) is 0 Å². The maximum atomic E-state index is 13.6. The lowest BCUT2D eigenvalue weighted by Gasteiger charge is -2.15. The lowest BCUT2D eigenvalue weighted by atomic mass is 10.2. The van der Waals surface area contributed by atoms with Crippen molar-refractivity contribution in [3.63, 3.8) is 0 Å². The van der Waals surface area contributed by atoms with Gasteiger partial charge in [-0.05, 0) is 19.4 Å². The van der Waals surface area contributed by atoms with Crippen molar-refractivity contribution < 1.29 is 8.60 Å². The second-order valence-corrected chi connectivity index (χ2v) is 6.47. The van der Waals surface area contributed by atoms with Gasteiger partial charge in [-0.25, -0.2) is 9.37 Å². The smallest absolute Gasteiger partial charge is 0.201 e. The largest absolute Gasteiger partial charge is 0.369 e. The monoisotopic (exact) mass is 303 g/mol. The number of nitrogens with two attached hydrogens (primary N) is 1. The van der Waals surface area contributed by atoms with Crippen LogP contribution in [0.2, 0.25) is 5.02 Å². The molecule has 104 valence electrons. The van der Waals surface area contributed by atoms with Gasteiger partial charge in [-0.15, -0.1) is 0 Å². The van der Waals surface area contributed by atoms with Crippen molar-refractivity contribution in [3.8, 4) is 0 Å². The quantitative estimate of drug-likeness (QED) is 0.944. The fraction of sp³-hybridized carbons (Fsp3) is 0.417. The second-order valence-electron chi connectivity index (χ2n) is 4.51. The molecule has 0 radical (unpaired) electrons. The fourth-order valence-corrected chi connectivity index (χ4v) is 2.87. The first-order valence-electron chi connectivity index (χ1n) is 5.82. The number of hydrogen-bond acceptors (Lipinski definition) is 3. The van der Waals surface area contributed by atoms with Gasteiger partial charge in [0.1, 0.15) is 5.82 Å². The molecule has 0 fully saturated rings. The average molecular weight is 304 g/mol. The van der Waals surface area contributed by atoms with Crippen LogP contribution in [0.3, 0.4) is 0 Å². The minimum Gasteiger partial charge on any atom is -0.369 e. The van der Waals surface area contributed by atoms with Gasteiger partial charge in [0.05, 0.1) is 16.1 Å². The van der Waals surface area contributed by atoms with Crippen molar-refractivity contribution in [1.29, 1.82) is 0 Å². The van der Waals surface area contributed by atoms with E-state index in [0.717, 1.165) is 0 Å². The van der Waals surface area contributed by atoms with Crippen molar-refractivity contribution in [2.45, 2.75) is 19.4 Å². The minimum atomic E-state index is -0.866. The molecule has 4 nitrogen and oxygen atoms in total. The summed E-state index contributed by atoms with van der Waals surface area (Å²) in [6.07, 6.45) is 2.34. The van der Waals surface area contributed by atoms with E-state index in [1.54, 1.807) is 10.8 Å². The molecule has 2 N–H and O–H groups in total. The van der Waals surface area contributed by atoms with Crippen molar-refractivity contribution in [3.05, 3.63) is 23.0 Å². The summed E-state index contributed by atoms with van der Waals surface area (Å²) in [7, 11) is -0.866. The highest BCUT2D eigenvalue weighted by molar-refractivity contribution is 7.84. The Morgan fingerprint density at radius 3 is 2.89 bits per heavy atom. The summed E-state index contributed by atoms with van der Waals surface area (Å²) in [6.45, 7) is 1.94. The predicted molar refractivity (Wildman–Crippen MR) is 77.4 cm³/mol. The Kier molecular flexibility index (Phi) is 4.10. The van der Waals surface area contributed by atoms with E-state index >= 15 is 0 Å². The average Bonchev–Trinajstić information content (AvgIpc) is 2.62. The van der Waals surface area contributed by atoms with Crippen molar-refractivity contribution in [2.75, 3.05) is 17.7 Å². The highest BCUT2D eigenvalue weighted by Gasteiger charge is 2.16. The van der Waals surface area contributed by atoms with Gasteiger partial charge in [0.15, 0.2) is 0 Å². The molecule has 0 spiro atoms. The molecule has 0 aliphatic heterocycles. The molecule has 2 rings (SSSR count).